The van der Waals surface area contributed by atoms with Gasteiger partial charge in [0, 0.05) is 13.6 Å². The topological polar surface area (TPSA) is 89.2 Å². The predicted molar refractivity (Wildman–Crippen MR) is 61.3 cm³/mol. The molecule has 7 nitrogen and oxygen atoms in total. The van der Waals surface area contributed by atoms with Crippen molar-refractivity contribution in [3.63, 3.8) is 0 Å². The van der Waals surface area contributed by atoms with E-state index in [1.54, 1.807) is 7.05 Å². The minimum absolute atomic E-state index is 0.0767. The van der Waals surface area contributed by atoms with Crippen molar-refractivity contribution in [2.75, 3.05) is 6.54 Å². The summed E-state index contributed by atoms with van der Waals surface area (Å²) < 4.78 is 2.35. The summed E-state index contributed by atoms with van der Waals surface area (Å²) in [5.74, 6) is -0.265. The number of hydrogen-bond acceptors (Lipinski definition) is 4. The molecule has 0 bridgehead atoms. The Bertz CT molecular complexity index is 435. The normalized spacial score (nSPS) is 12.8. The molecule has 0 aliphatic rings. The zero-order valence-electron chi connectivity index (χ0n) is 10.3. The molecule has 1 atom stereocenters. The Hall–Kier alpha value is -1.63. The van der Waals surface area contributed by atoms with Crippen LogP contribution in [0.5, 0.6) is 0 Å². The van der Waals surface area contributed by atoms with Crippen LogP contribution < -0.4 is 11.0 Å². The number of aliphatic hydroxyl groups is 1. The van der Waals surface area contributed by atoms with E-state index in [-0.39, 0.29) is 30.6 Å². The summed E-state index contributed by atoms with van der Waals surface area (Å²) in [6, 6.07) is 0. The van der Waals surface area contributed by atoms with Crippen molar-refractivity contribution in [1.29, 1.82) is 0 Å². The van der Waals surface area contributed by atoms with Gasteiger partial charge in [-0.05, 0) is 5.92 Å². The number of aliphatic hydroxyl groups excluding tert-OH is 1. The first-order valence-corrected chi connectivity index (χ1v) is 5.45. The molecule has 2 N–H and O–H groups in total. The molecular weight excluding hydrogens is 224 g/mol. The molecule has 96 valence electrons. The van der Waals surface area contributed by atoms with Gasteiger partial charge in [-0.1, -0.05) is 13.8 Å². The predicted octanol–water partition coefficient (Wildman–Crippen LogP) is -1.29. The van der Waals surface area contributed by atoms with Gasteiger partial charge in [-0.25, -0.2) is 9.48 Å². The quantitative estimate of drug-likeness (QED) is 0.672. The highest BCUT2D eigenvalue weighted by Gasteiger charge is 2.12. The molecule has 1 rings (SSSR count). The third kappa shape index (κ3) is 3.70. The van der Waals surface area contributed by atoms with Crippen LogP contribution in [-0.4, -0.2) is 38.0 Å². The van der Waals surface area contributed by atoms with Gasteiger partial charge in [0.15, 0.2) is 0 Å². The highest BCUT2D eigenvalue weighted by atomic mass is 16.3. The molecule has 0 aliphatic carbocycles. The van der Waals surface area contributed by atoms with Crippen LogP contribution in [0.15, 0.2) is 11.1 Å². The SMILES string of the molecule is CC(C)C(O)CNC(=O)Cn1ncn(C)c1=O. The van der Waals surface area contributed by atoms with Crippen molar-refractivity contribution in [2.24, 2.45) is 13.0 Å². The summed E-state index contributed by atoms with van der Waals surface area (Å²) in [6.45, 7) is 3.77. The molecule has 0 radical (unpaired) electrons. The smallest absolute Gasteiger partial charge is 0.345 e. The minimum Gasteiger partial charge on any atom is -0.391 e. The summed E-state index contributed by atoms with van der Waals surface area (Å²) in [7, 11) is 1.56. The number of nitrogens with zero attached hydrogens (tertiary/aromatic N) is 3. The number of amides is 1. The van der Waals surface area contributed by atoms with Gasteiger partial charge in [-0.15, -0.1) is 0 Å². The highest BCUT2D eigenvalue weighted by molar-refractivity contribution is 5.75. The van der Waals surface area contributed by atoms with Gasteiger partial charge in [0.2, 0.25) is 5.91 Å². The molecule has 7 heteroatoms. The molecule has 0 saturated heterocycles. The fourth-order valence-corrected chi connectivity index (χ4v) is 1.18. The average Bonchev–Trinajstić information content (AvgIpc) is 2.57. The van der Waals surface area contributed by atoms with Gasteiger partial charge >= 0.3 is 5.69 Å². The number of carbonyl (C=O) groups is 1. The van der Waals surface area contributed by atoms with E-state index in [9.17, 15) is 14.7 Å². The molecule has 0 fully saturated rings. The van der Waals surface area contributed by atoms with Crippen LogP contribution in [0, 0.1) is 5.92 Å². The Labute approximate surface area is 99.1 Å². The average molecular weight is 242 g/mol. The molecule has 1 heterocycles. The van der Waals surface area contributed by atoms with Crippen LogP contribution in [0.1, 0.15) is 13.8 Å². The second-order valence-electron chi connectivity index (χ2n) is 4.30. The molecule has 1 unspecified atom stereocenters. The van der Waals surface area contributed by atoms with Crippen LogP contribution in [0.4, 0.5) is 0 Å². The minimum atomic E-state index is -0.584. The Morgan fingerprint density at radius 3 is 2.71 bits per heavy atom. The van der Waals surface area contributed by atoms with Gasteiger partial charge in [0.05, 0.1) is 6.10 Å². The lowest BCUT2D eigenvalue weighted by atomic mass is 10.1. The van der Waals surface area contributed by atoms with Crippen LogP contribution in [-0.2, 0) is 18.4 Å². The molecule has 1 aromatic rings. The van der Waals surface area contributed by atoms with E-state index in [0.29, 0.717) is 0 Å². The largest absolute Gasteiger partial charge is 0.391 e. The first-order chi connectivity index (χ1) is 7.91. The lowest BCUT2D eigenvalue weighted by molar-refractivity contribution is -0.122. The summed E-state index contributed by atoms with van der Waals surface area (Å²) in [6.07, 6.45) is 0.762. The number of aryl methyl sites for hydroxylation is 1. The summed E-state index contributed by atoms with van der Waals surface area (Å²) in [5, 5.41) is 15.8. The molecule has 0 spiro atoms. The molecule has 0 aliphatic heterocycles. The van der Waals surface area contributed by atoms with E-state index in [0.717, 1.165) is 4.68 Å². The Morgan fingerprint density at radius 2 is 2.24 bits per heavy atom. The lowest BCUT2D eigenvalue weighted by Gasteiger charge is -2.14. The fourth-order valence-electron chi connectivity index (χ4n) is 1.18. The van der Waals surface area contributed by atoms with Gasteiger partial charge < -0.3 is 10.4 Å². The van der Waals surface area contributed by atoms with Gasteiger partial charge in [0.25, 0.3) is 0 Å². The second kappa shape index (κ2) is 5.62. The highest BCUT2D eigenvalue weighted by Crippen LogP contribution is 1.98. The summed E-state index contributed by atoms with van der Waals surface area (Å²) in [5.41, 5.74) is -0.343. The monoisotopic (exact) mass is 242 g/mol. The van der Waals surface area contributed by atoms with Gasteiger partial charge in [-0.2, -0.15) is 5.10 Å². The van der Waals surface area contributed by atoms with Crippen molar-refractivity contribution in [1.82, 2.24) is 19.7 Å². The van der Waals surface area contributed by atoms with Crippen LogP contribution in [0.25, 0.3) is 0 Å². The van der Waals surface area contributed by atoms with Crippen molar-refractivity contribution < 1.29 is 9.90 Å². The van der Waals surface area contributed by atoms with E-state index in [1.165, 1.54) is 10.9 Å². The van der Waals surface area contributed by atoms with Gasteiger partial charge in [0.1, 0.15) is 12.9 Å². The zero-order valence-corrected chi connectivity index (χ0v) is 10.3. The molecule has 1 amide bonds. The number of nitrogens with one attached hydrogen (secondary N) is 1. The Balaban J connectivity index is 2.46. The third-order valence-corrected chi connectivity index (χ3v) is 2.46. The summed E-state index contributed by atoms with van der Waals surface area (Å²) >= 11 is 0. The molecule has 17 heavy (non-hydrogen) atoms. The van der Waals surface area contributed by atoms with E-state index < -0.39 is 6.10 Å². The fraction of sp³-hybridized carbons (Fsp3) is 0.700. The van der Waals surface area contributed by atoms with E-state index in [2.05, 4.69) is 10.4 Å². The van der Waals surface area contributed by atoms with E-state index in [1.807, 2.05) is 13.8 Å². The van der Waals surface area contributed by atoms with E-state index in [4.69, 9.17) is 0 Å². The van der Waals surface area contributed by atoms with Crippen molar-refractivity contribution >= 4 is 5.91 Å². The molecular formula is C10H18N4O3. The van der Waals surface area contributed by atoms with Crippen LogP contribution in [0.3, 0.4) is 0 Å². The number of hydrogen-bond donors (Lipinski definition) is 2. The van der Waals surface area contributed by atoms with E-state index >= 15 is 0 Å². The van der Waals surface area contributed by atoms with Crippen LogP contribution >= 0.6 is 0 Å². The summed E-state index contributed by atoms with van der Waals surface area (Å²) in [4.78, 5) is 22.9. The molecule has 1 aromatic heterocycles. The zero-order chi connectivity index (χ0) is 13.0. The maximum absolute atomic E-state index is 11.5. The number of carbonyl (C=O) groups excluding carboxylic acids is 1. The maximum atomic E-state index is 11.5. The third-order valence-electron chi connectivity index (χ3n) is 2.46. The van der Waals surface area contributed by atoms with Crippen LogP contribution in [0.2, 0.25) is 0 Å². The molecule has 0 saturated carbocycles. The first kappa shape index (κ1) is 13.4. The lowest BCUT2D eigenvalue weighted by Crippen LogP contribution is -2.38. The standard InChI is InChI=1S/C10H18N4O3/c1-7(2)8(15)4-11-9(16)5-14-10(17)13(3)6-12-14/h6-8,15H,4-5H2,1-3H3,(H,11,16). The van der Waals surface area contributed by atoms with Crippen molar-refractivity contribution in [3.05, 3.63) is 16.8 Å². The Morgan fingerprint density at radius 1 is 1.59 bits per heavy atom. The number of aromatic nitrogens is 3. The first-order valence-electron chi connectivity index (χ1n) is 5.45. The van der Waals surface area contributed by atoms with Crippen molar-refractivity contribution in [3.8, 4) is 0 Å². The Kier molecular flexibility index (Phi) is 4.45. The van der Waals surface area contributed by atoms with Gasteiger partial charge in [-0.3, -0.25) is 9.36 Å². The second-order valence-corrected chi connectivity index (χ2v) is 4.30. The maximum Gasteiger partial charge on any atom is 0.345 e. The number of rotatable bonds is 5. The molecule has 0 aromatic carbocycles. The van der Waals surface area contributed by atoms with Crippen molar-refractivity contribution in [2.45, 2.75) is 26.5 Å².